The van der Waals surface area contributed by atoms with Crippen molar-refractivity contribution >= 4 is 28.8 Å². The number of amides is 2. The predicted octanol–water partition coefficient (Wildman–Crippen LogP) is 4.28. The van der Waals surface area contributed by atoms with Gasteiger partial charge in [0.1, 0.15) is 17.6 Å². The fourth-order valence-corrected chi connectivity index (χ4v) is 3.32. The molecule has 0 radical (unpaired) electrons. The molecule has 3 aromatic carbocycles. The van der Waals surface area contributed by atoms with Gasteiger partial charge in [-0.05, 0) is 41.8 Å². The van der Waals surface area contributed by atoms with Crippen molar-refractivity contribution < 1.29 is 18.7 Å². The van der Waals surface area contributed by atoms with Gasteiger partial charge in [-0.2, -0.15) is 5.10 Å². The summed E-state index contributed by atoms with van der Waals surface area (Å²) in [5.41, 5.74) is 3.10. The van der Waals surface area contributed by atoms with E-state index in [9.17, 15) is 14.0 Å². The SMILES string of the molecule is CCOc1ccc2ccccc2c1/C=N/NC(=O)C(NC(=O)c1ccccc1F)C(C)C. The van der Waals surface area contributed by atoms with Gasteiger partial charge in [0.05, 0.1) is 18.4 Å². The highest BCUT2D eigenvalue weighted by molar-refractivity contribution is 6.03. The van der Waals surface area contributed by atoms with Crippen molar-refractivity contribution in [2.45, 2.75) is 26.8 Å². The third-order valence-electron chi connectivity index (χ3n) is 4.95. The van der Waals surface area contributed by atoms with Crippen molar-refractivity contribution in [3.63, 3.8) is 0 Å². The van der Waals surface area contributed by atoms with E-state index in [4.69, 9.17) is 4.74 Å². The van der Waals surface area contributed by atoms with Gasteiger partial charge in [0, 0.05) is 5.56 Å². The lowest BCUT2D eigenvalue weighted by atomic mass is 10.0. The molecule has 0 fully saturated rings. The fraction of sp³-hybridized carbons (Fsp3) is 0.240. The minimum atomic E-state index is -0.891. The summed E-state index contributed by atoms with van der Waals surface area (Å²) in [6, 6.07) is 16.3. The number of halogens is 1. The van der Waals surface area contributed by atoms with Crippen LogP contribution in [-0.4, -0.2) is 30.7 Å². The van der Waals surface area contributed by atoms with Crippen molar-refractivity contribution in [3.8, 4) is 5.75 Å². The minimum absolute atomic E-state index is 0.119. The first-order valence-corrected chi connectivity index (χ1v) is 10.4. The van der Waals surface area contributed by atoms with Gasteiger partial charge in [0.2, 0.25) is 0 Å². The van der Waals surface area contributed by atoms with Gasteiger partial charge >= 0.3 is 0 Å². The fourth-order valence-electron chi connectivity index (χ4n) is 3.32. The highest BCUT2D eigenvalue weighted by Gasteiger charge is 2.25. The van der Waals surface area contributed by atoms with Crippen LogP contribution in [0.1, 0.15) is 36.7 Å². The molecule has 2 amide bonds. The molecule has 0 aliphatic rings. The maximum atomic E-state index is 13.9. The van der Waals surface area contributed by atoms with Gasteiger partial charge in [-0.3, -0.25) is 9.59 Å². The average Bonchev–Trinajstić information content (AvgIpc) is 2.78. The molecule has 0 saturated carbocycles. The first-order valence-electron chi connectivity index (χ1n) is 10.4. The number of carbonyl (C=O) groups is 2. The molecule has 0 spiro atoms. The molecule has 6 nitrogen and oxygen atoms in total. The Bertz CT molecular complexity index is 1140. The molecule has 3 rings (SSSR count). The van der Waals surface area contributed by atoms with E-state index in [0.29, 0.717) is 12.4 Å². The monoisotopic (exact) mass is 435 g/mol. The van der Waals surface area contributed by atoms with Gasteiger partial charge in [-0.25, -0.2) is 9.82 Å². The standard InChI is InChI=1S/C25H26FN3O3/c1-4-32-22-14-13-17-9-5-6-10-18(17)20(22)15-27-29-25(31)23(16(2)3)28-24(30)19-11-7-8-12-21(19)26/h5-16,23H,4H2,1-3H3,(H,28,30)(H,29,31)/b27-15+. The van der Waals surface area contributed by atoms with E-state index in [2.05, 4.69) is 15.8 Å². The van der Waals surface area contributed by atoms with Crippen LogP contribution >= 0.6 is 0 Å². The first-order chi connectivity index (χ1) is 15.4. The first kappa shape index (κ1) is 22.9. The van der Waals surface area contributed by atoms with E-state index in [-0.39, 0.29) is 11.5 Å². The Labute approximate surface area is 186 Å². The van der Waals surface area contributed by atoms with Crippen molar-refractivity contribution in [2.75, 3.05) is 6.61 Å². The second-order valence-electron chi connectivity index (χ2n) is 7.54. The molecular formula is C25H26FN3O3. The van der Waals surface area contributed by atoms with Gasteiger partial charge in [-0.1, -0.05) is 56.3 Å². The second kappa shape index (κ2) is 10.5. The normalized spacial score (nSPS) is 12.2. The molecule has 32 heavy (non-hydrogen) atoms. The van der Waals surface area contributed by atoms with E-state index >= 15 is 0 Å². The Balaban J connectivity index is 1.78. The number of benzene rings is 3. The highest BCUT2D eigenvalue weighted by Crippen LogP contribution is 2.26. The van der Waals surface area contributed by atoms with E-state index in [1.165, 1.54) is 24.4 Å². The summed E-state index contributed by atoms with van der Waals surface area (Å²) in [5.74, 6) is -1.40. The lowest BCUT2D eigenvalue weighted by Crippen LogP contribution is -2.48. The number of hydrogen-bond donors (Lipinski definition) is 2. The smallest absolute Gasteiger partial charge is 0.262 e. The van der Waals surface area contributed by atoms with E-state index < -0.39 is 23.7 Å². The average molecular weight is 435 g/mol. The Kier molecular flexibility index (Phi) is 7.54. The maximum Gasteiger partial charge on any atom is 0.262 e. The molecule has 1 unspecified atom stereocenters. The maximum absolute atomic E-state index is 13.9. The predicted molar refractivity (Wildman–Crippen MR) is 123 cm³/mol. The summed E-state index contributed by atoms with van der Waals surface area (Å²) in [7, 11) is 0. The van der Waals surface area contributed by atoms with Crippen LogP contribution in [0.2, 0.25) is 0 Å². The summed E-state index contributed by atoms with van der Waals surface area (Å²) >= 11 is 0. The molecule has 0 aliphatic carbocycles. The molecule has 166 valence electrons. The zero-order valence-corrected chi connectivity index (χ0v) is 18.3. The number of hydrogen-bond acceptors (Lipinski definition) is 4. The van der Waals surface area contributed by atoms with Crippen LogP contribution in [-0.2, 0) is 4.79 Å². The Morgan fingerprint density at radius 1 is 1.06 bits per heavy atom. The Hall–Kier alpha value is -3.74. The molecular weight excluding hydrogens is 409 g/mol. The Morgan fingerprint density at radius 3 is 2.50 bits per heavy atom. The van der Waals surface area contributed by atoms with Crippen LogP contribution in [0.3, 0.4) is 0 Å². The lowest BCUT2D eigenvalue weighted by molar-refractivity contribution is -0.123. The van der Waals surface area contributed by atoms with Crippen molar-refractivity contribution in [3.05, 3.63) is 77.6 Å². The van der Waals surface area contributed by atoms with E-state index in [1.54, 1.807) is 19.9 Å². The number of nitrogens with one attached hydrogen (secondary N) is 2. The molecule has 0 aliphatic heterocycles. The summed E-state index contributed by atoms with van der Waals surface area (Å²) in [4.78, 5) is 25.2. The number of rotatable bonds is 8. The number of hydrazone groups is 1. The van der Waals surface area contributed by atoms with Crippen LogP contribution in [0.25, 0.3) is 10.8 Å². The zero-order valence-electron chi connectivity index (χ0n) is 18.3. The largest absolute Gasteiger partial charge is 0.493 e. The molecule has 0 saturated heterocycles. The lowest BCUT2D eigenvalue weighted by Gasteiger charge is -2.20. The van der Waals surface area contributed by atoms with Gasteiger partial charge in [0.15, 0.2) is 0 Å². The Morgan fingerprint density at radius 2 is 1.78 bits per heavy atom. The van der Waals surface area contributed by atoms with Crippen molar-refractivity contribution in [1.82, 2.24) is 10.7 Å². The minimum Gasteiger partial charge on any atom is -0.493 e. The van der Waals surface area contributed by atoms with Gasteiger partial charge in [-0.15, -0.1) is 0 Å². The van der Waals surface area contributed by atoms with Crippen LogP contribution in [0.4, 0.5) is 4.39 Å². The summed E-state index contributed by atoms with van der Waals surface area (Å²) in [6.07, 6.45) is 1.53. The van der Waals surface area contributed by atoms with Crippen LogP contribution in [0.15, 0.2) is 65.8 Å². The molecule has 2 N–H and O–H groups in total. The molecule has 0 aromatic heterocycles. The third kappa shape index (κ3) is 5.29. The number of carbonyl (C=O) groups excluding carboxylic acids is 2. The number of fused-ring (bicyclic) bond motifs is 1. The molecule has 7 heteroatoms. The molecule has 1 atom stereocenters. The third-order valence-corrected chi connectivity index (χ3v) is 4.95. The van der Waals surface area contributed by atoms with E-state index in [1.807, 2.05) is 43.3 Å². The van der Waals surface area contributed by atoms with Gasteiger partial charge in [0.25, 0.3) is 11.8 Å². The molecule has 0 bridgehead atoms. The van der Waals surface area contributed by atoms with Crippen LogP contribution < -0.4 is 15.5 Å². The highest BCUT2D eigenvalue weighted by atomic mass is 19.1. The number of ether oxygens (including phenoxy) is 1. The topological polar surface area (TPSA) is 79.8 Å². The summed E-state index contributed by atoms with van der Waals surface area (Å²) in [6.45, 7) is 5.95. The van der Waals surface area contributed by atoms with Crippen LogP contribution in [0.5, 0.6) is 5.75 Å². The summed E-state index contributed by atoms with van der Waals surface area (Å²) < 4.78 is 19.6. The van der Waals surface area contributed by atoms with Crippen molar-refractivity contribution in [2.24, 2.45) is 11.0 Å². The van der Waals surface area contributed by atoms with E-state index in [0.717, 1.165) is 16.3 Å². The molecule has 3 aromatic rings. The summed E-state index contributed by atoms with van der Waals surface area (Å²) in [5, 5.41) is 8.65. The van der Waals surface area contributed by atoms with Crippen molar-refractivity contribution in [1.29, 1.82) is 0 Å². The van der Waals surface area contributed by atoms with Gasteiger partial charge < -0.3 is 10.1 Å². The van der Waals surface area contributed by atoms with Crippen LogP contribution in [0, 0.1) is 11.7 Å². The quantitative estimate of drug-likeness (QED) is 0.409. The second-order valence-corrected chi connectivity index (χ2v) is 7.54. The molecule has 0 heterocycles. The number of nitrogens with zero attached hydrogens (tertiary/aromatic N) is 1. The zero-order chi connectivity index (χ0) is 23.1.